The summed E-state index contributed by atoms with van der Waals surface area (Å²) in [6.45, 7) is 4.06. The number of nitrogens with one attached hydrogen (secondary N) is 1. The topological polar surface area (TPSA) is 49.3 Å². The van der Waals surface area contributed by atoms with Crippen molar-refractivity contribution in [1.29, 1.82) is 0 Å². The number of carbonyl (C=O) groups is 1. The number of carbonyl (C=O) groups excluding carboxylic acids is 1. The van der Waals surface area contributed by atoms with Gasteiger partial charge in [-0.2, -0.15) is 0 Å². The third-order valence-corrected chi connectivity index (χ3v) is 4.01. The molecule has 0 heterocycles. The van der Waals surface area contributed by atoms with Crippen molar-refractivity contribution in [3.05, 3.63) is 34.9 Å². The Balaban J connectivity index is 1.99. The lowest BCUT2D eigenvalue weighted by atomic mass is 10.0. The highest BCUT2D eigenvalue weighted by molar-refractivity contribution is 6.68. The van der Waals surface area contributed by atoms with E-state index in [1.165, 1.54) is 11.1 Å². The minimum Gasteiger partial charge on any atom is -0.369 e. The van der Waals surface area contributed by atoms with Gasteiger partial charge < -0.3 is 10.4 Å². The molecule has 1 aromatic rings. The predicted octanol–water partition coefficient (Wildman–Crippen LogP) is 3.21. The molecule has 3 unspecified atom stereocenters. The van der Waals surface area contributed by atoms with E-state index in [1.807, 2.05) is 13.8 Å². The molecule has 3 nitrogen and oxygen atoms in total. The van der Waals surface area contributed by atoms with Crippen molar-refractivity contribution in [2.24, 2.45) is 5.92 Å². The van der Waals surface area contributed by atoms with Gasteiger partial charge in [-0.3, -0.25) is 4.79 Å². The Morgan fingerprint density at radius 3 is 2.35 bits per heavy atom. The molecule has 2 N–H and O–H groups in total. The summed E-state index contributed by atoms with van der Waals surface area (Å²) in [5.74, 6) is -0.276. The second kappa shape index (κ2) is 5.72. The van der Waals surface area contributed by atoms with Gasteiger partial charge in [-0.15, -0.1) is 0 Å². The standard InChI is InChI=1S/C14H16Cl3NO2/c1-7-3-8(2)5-9(4-7)10-6-11(10)12(19)18-13(20)14(15,16)17/h3-5,10-11,13,20H,6H2,1-2H3,(H,18,19). The Labute approximate surface area is 133 Å². The lowest BCUT2D eigenvalue weighted by Crippen LogP contribution is -2.44. The van der Waals surface area contributed by atoms with Crippen LogP contribution in [0.25, 0.3) is 0 Å². The molecule has 1 aliphatic carbocycles. The van der Waals surface area contributed by atoms with Crippen molar-refractivity contribution in [1.82, 2.24) is 5.32 Å². The fourth-order valence-electron chi connectivity index (χ4n) is 2.40. The zero-order chi connectivity index (χ0) is 15.1. The number of hydrogen-bond acceptors (Lipinski definition) is 2. The first-order valence-corrected chi connectivity index (χ1v) is 7.45. The van der Waals surface area contributed by atoms with E-state index in [-0.39, 0.29) is 17.7 Å². The summed E-state index contributed by atoms with van der Waals surface area (Å²) in [5, 5.41) is 11.9. The van der Waals surface area contributed by atoms with Gasteiger partial charge in [0.25, 0.3) is 0 Å². The van der Waals surface area contributed by atoms with Crippen LogP contribution < -0.4 is 5.32 Å². The molecule has 20 heavy (non-hydrogen) atoms. The van der Waals surface area contributed by atoms with Crippen molar-refractivity contribution in [2.45, 2.75) is 36.2 Å². The molecule has 0 spiro atoms. The van der Waals surface area contributed by atoms with Crippen LogP contribution in [0.4, 0.5) is 0 Å². The first-order chi connectivity index (χ1) is 9.18. The van der Waals surface area contributed by atoms with Crippen LogP contribution >= 0.6 is 34.8 Å². The zero-order valence-corrected chi connectivity index (χ0v) is 13.4. The van der Waals surface area contributed by atoms with Gasteiger partial charge in [-0.1, -0.05) is 64.1 Å². The fourth-order valence-corrected chi connectivity index (χ4v) is 2.56. The molecule has 3 atom stereocenters. The van der Waals surface area contributed by atoms with E-state index in [1.54, 1.807) is 0 Å². The summed E-state index contributed by atoms with van der Waals surface area (Å²) in [6, 6.07) is 6.25. The van der Waals surface area contributed by atoms with Crippen LogP contribution in [-0.2, 0) is 4.79 Å². The predicted molar refractivity (Wildman–Crippen MR) is 81.2 cm³/mol. The van der Waals surface area contributed by atoms with Gasteiger partial charge in [-0.25, -0.2) is 0 Å². The molecule has 110 valence electrons. The maximum atomic E-state index is 12.0. The molecule has 2 rings (SSSR count). The highest BCUT2D eigenvalue weighted by Crippen LogP contribution is 2.48. The molecule has 0 radical (unpaired) electrons. The van der Waals surface area contributed by atoms with E-state index in [0.717, 1.165) is 12.0 Å². The Bertz CT molecular complexity index is 507. The SMILES string of the molecule is Cc1cc(C)cc(C2CC2C(=O)NC(O)C(Cl)(Cl)Cl)c1. The van der Waals surface area contributed by atoms with E-state index in [4.69, 9.17) is 34.8 Å². The maximum Gasteiger partial charge on any atom is 0.234 e. The van der Waals surface area contributed by atoms with Crippen LogP contribution in [0.1, 0.15) is 29.0 Å². The summed E-state index contributed by atoms with van der Waals surface area (Å²) in [5.41, 5.74) is 3.49. The number of halogens is 3. The molecule has 0 bridgehead atoms. The highest BCUT2D eigenvalue weighted by Gasteiger charge is 2.45. The molecule has 6 heteroatoms. The van der Waals surface area contributed by atoms with Crippen LogP contribution in [0.3, 0.4) is 0 Å². The molecule has 1 amide bonds. The minimum atomic E-state index is -1.92. The first kappa shape index (κ1) is 15.9. The summed E-state index contributed by atoms with van der Waals surface area (Å²) >= 11 is 16.5. The van der Waals surface area contributed by atoms with Gasteiger partial charge >= 0.3 is 0 Å². The Hall–Kier alpha value is -0.480. The molecular formula is C14H16Cl3NO2. The average molecular weight is 337 g/mol. The molecular weight excluding hydrogens is 321 g/mol. The Kier molecular flexibility index (Phi) is 4.55. The largest absolute Gasteiger partial charge is 0.369 e. The number of aliphatic hydroxyl groups excluding tert-OH is 1. The van der Waals surface area contributed by atoms with Crippen molar-refractivity contribution in [3.63, 3.8) is 0 Å². The van der Waals surface area contributed by atoms with Gasteiger partial charge in [0.2, 0.25) is 9.70 Å². The average Bonchev–Trinajstić information content (AvgIpc) is 3.05. The number of aryl methyl sites for hydroxylation is 2. The third-order valence-electron chi connectivity index (χ3n) is 3.39. The molecule has 1 fully saturated rings. The van der Waals surface area contributed by atoms with Gasteiger partial charge in [0.15, 0.2) is 6.23 Å². The quantitative estimate of drug-likeness (QED) is 0.658. The summed E-state index contributed by atoms with van der Waals surface area (Å²) < 4.78 is -1.92. The first-order valence-electron chi connectivity index (χ1n) is 6.32. The number of amides is 1. The molecule has 1 aromatic carbocycles. The third kappa shape index (κ3) is 3.79. The van der Waals surface area contributed by atoms with E-state index in [0.29, 0.717) is 0 Å². The van der Waals surface area contributed by atoms with Crippen LogP contribution in [0.2, 0.25) is 0 Å². The molecule has 0 saturated heterocycles. The van der Waals surface area contributed by atoms with Crippen LogP contribution in [0.5, 0.6) is 0 Å². The van der Waals surface area contributed by atoms with Crippen LogP contribution in [-0.4, -0.2) is 21.0 Å². The van der Waals surface area contributed by atoms with Crippen molar-refractivity contribution < 1.29 is 9.90 Å². The van der Waals surface area contributed by atoms with Crippen LogP contribution in [0.15, 0.2) is 18.2 Å². The Morgan fingerprint density at radius 2 is 1.85 bits per heavy atom. The van der Waals surface area contributed by atoms with E-state index >= 15 is 0 Å². The summed E-state index contributed by atoms with van der Waals surface area (Å²) in [7, 11) is 0. The number of aliphatic hydroxyl groups is 1. The normalized spacial score (nSPS) is 23.3. The smallest absolute Gasteiger partial charge is 0.234 e. The van der Waals surface area contributed by atoms with Gasteiger partial charge in [0, 0.05) is 5.92 Å². The zero-order valence-electron chi connectivity index (χ0n) is 11.2. The lowest BCUT2D eigenvalue weighted by Gasteiger charge is -2.20. The number of benzene rings is 1. The minimum absolute atomic E-state index is 0.168. The second-order valence-corrected chi connectivity index (χ2v) is 7.69. The van der Waals surface area contributed by atoms with Gasteiger partial charge in [0.05, 0.1) is 0 Å². The molecule has 0 aromatic heterocycles. The lowest BCUT2D eigenvalue weighted by molar-refractivity contribution is -0.125. The summed E-state index contributed by atoms with van der Waals surface area (Å²) in [6.07, 6.45) is -0.748. The van der Waals surface area contributed by atoms with E-state index in [9.17, 15) is 9.90 Å². The van der Waals surface area contributed by atoms with Crippen molar-refractivity contribution in [3.8, 4) is 0 Å². The number of alkyl halides is 3. The highest BCUT2D eigenvalue weighted by atomic mass is 35.6. The monoisotopic (exact) mass is 335 g/mol. The number of hydrogen-bond donors (Lipinski definition) is 2. The van der Waals surface area contributed by atoms with E-state index in [2.05, 4.69) is 23.5 Å². The van der Waals surface area contributed by atoms with Gasteiger partial charge in [0.1, 0.15) is 0 Å². The van der Waals surface area contributed by atoms with E-state index < -0.39 is 10.0 Å². The van der Waals surface area contributed by atoms with Gasteiger partial charge in [-0.05, 0) is 31.7 Å². The van der Waals surface area contributed by atoms with Crippen molar-refractivity contribution >= 4 is 40.7 Å². The second-order valence-electron chi connectivity index (χ2n) is 5.32. The molecule has 1 aliphatic rings. The maximum absolute atomic E-state index is 12.0. The Morgan fingerprint density at radius 1 is 1.30 bits per heavy atom. The molecule has 1 saturated carbocycles. The number of rotatable bonds is 3. The summed E-state index contributed by atoms with van der Waals surface area (Å²) in [4.78, 5) is 12.0. The fraction of sp³-hybridized carbons (Fsp3) is 0.500. The van der Waals surface area contributed by atoms with Crippen LogP contribution in [0, 0.1) is 19.8 Å². The van der Waals surface area contributed by atoms with Crippen molar-refractivity contribution in [2.75, 3.05) is 0 Å². The molecule has 0 aliphatic heterocycles.